The summed E-state index contributed by atoms with van der Waals surface area (Å²) in [4.78, 5) is 24.7. The molecule has 7 nitrogen and oxygen atoms in total. The molecule has 0 aliphatic carbocycles. The molecule has 0 atom stereocenters. The van der Waals surface area contributed by atoms with Crippen molar-refractivity contribution >= 4 is 44.5 Å². The van der Waals surface area contributed by atoms with Gasteiger partial charge in [0.15, 0.2) is 5.76 Å². The predicted molar refractivity (Wildman–Crippen MR) is 89.5 cm³/mol. The highest BCUT2D eigenvalue weighted by Crippen LogP contribution is 2.23. The predicted octanol–water partition coefficient (Wildman–Crippen LogP) is 3.21. The first-order valence-corrected chi connectivity index (χ1v) is 8.06. The van der Waals surface area contributed by atoms with Gasteiger partial charge in [-0.05, 0) is 18.6 Å². The van der Waals surface area contributed by atoms with E-state index in [2.05, 4.69) is 15.5 Å². The lowest BCUT2D eigenvalue weighted by Crippen LogP contribution is -2.10. The molecule has 0 saturated heterocycles. The summed E-state index contributed by atoms with van der Waals surface area (Å²) in [5, 5.41) is 12.3. The molecule has 0 spiro atoms. The number of aromatic nitrogens is 2. The molecule has 24 heavy (non-hydrogen) atoms. The Morgan fingerprint density at radius 2 is 2.04 bits per heavy atom. The topological polar surface area (TPSA) is 98.2 Å². The van der Waals surface area contributed by atoms with Crippen molar-refractivity contribution in [3.8, 4) is 0 Å². The number of carbonyl (C=O) groups is 1. The third kappa shape index (κ3) is 2.37. The zero-order valence-electron chi connectivity index (χ0n) is 12.5. The summed E-state index contributed by atoms with van der Waals surface area (Å²) in [5.41, 5.74) is 0.173. The van der Waals surface area contributed by atoms with E-state index in [-0.39, 0.29) is 22.4 Å². The van der Waals surface area contributed by atoms with Gasteiger partial charge in [0, 0.05) is 6.07 Å². The van der Waals surface area contributed by atoms with Crippen LogP contribution in [0.5, 0.6) is 0 Å². The van der Waals surface area contributed by atoms with Gasteiger partial charge in [0.1, 0.15) is 16.0 Å². The summed E-state index contributed by atoms with van der Waals surface area (Å²) in [7, 11) is 0. The van der Waals surface area contributed by atoms with Crippen LogP contribution in [0.3, 0.4) is 0 Å². The first-order valence-electron chi connectivity index (χ1n) is 7.25. The van der Waals surface area contributed by atoms with Gasteiger partial charge in [0.05, 0.1) is 5.39 Å². The van der Waals surface area contributed by atoms with Gasteiger partial charge in [-0.2, -0.15) is 0 Å². The molecule has 0 bridgehead atoms. The average molecular weight is 341 g/mol. The van der Waals surface area contributed by atoms with E-state index in [1.54, 1.807) is 24.3 Å². The number of benzene rings is 1. The van der Waals surface area contributed by atoms with Crippen LogP contribution in [-0.2, 0) is 6.42 Å². The number of rotatable bonds is 3. The van der Waals surface area contributed by atoms with Crippen LogP contribution in [-0.4, -0.2) is 16.1 Å². The Hall–Kier alpha value is -3.00. The third-order valence-corrected chi connectivity index (χ3v) is 4.47. The van der Waals surface area contributed by atoms with Gasteiger partial charge in [0.25, 0.3) is 5.91 Å². The van der Waals surface area contributed by atoms with Gasteiger partial charge in [-0.15, -0.1) is 10.2 Å². The monoisotopic (exact) mass is 341 g/mol. The zero-order valence-corrected chi connectivity index (χ0v) is 13.3. The fourth-order valence-corrected chi connectivity index (χ4v) is 2.99. The molecule has 0 aliphatic rings. The molecule has 120 valence electrons. The molecule has 3 aromatic heterocycles. The number of aryl methyl sites for hydroxylation is 1. The maximum absolute atomic E-state index is 12.5. The lowest BCUT2D eigenvalue weighted by atomic mass is 10.2. The van der Waals surface area contributed by atoms with Crippen LogP contribution in [0.4, 0.5) is 5.13 Å². The molecular weight excluding hydrogens is 330 g/mol. The van der Waals surface area contributed by atoms with Crippen molar-refractivity contribution in [1.29, 1.82) is 0 Å². The van der Waals surface area contributed by atoms with Crippen LogP contribution >= 0.6 is 11.3 Å². The van der Waals surface area contributed by atoms with Crippen LogP contribution in [0.1, 0.15) is 22.5 Å². The fourth-order valence-electron chi connectivity index (χ4n) is 2.31. The van der Waals surface area contributed by atoms with Gasteiger partial charge in [-0.3, -0.25) is 14.9 Å². The highest BCUT2D eigenvalue weighted by molar-refractivity contribution is 7.15. The van der Waals surface area contributed by atoms with Crippen molar-refractivity contribution in [2.45, 2.75) is 13.3 Å². The van der Waals surface area contributed by atoms with Crippen LogP contribution in [0.15, 0.2) is 44.0 Å². The first-order chi connectivity index (χ1) is 11.7. The highest BCUT2D eigenvalue weighted by atomic mass is 32.1. The normalized spacial score (nSPS) is 11.2. The molecular formula is C16H11N3O4S. The van der Waals surface area contributed by atoms with Crippen molar-refractivity contribution < 1.29 is 13.6 Å². The summed E-state index contributed by atoms with van der Waals surface area (Å²) in [5.74, 6) is -0.506. The minimum Gasteiger partial charge on any atom is -0.425 e. The number of amides is 1. The standard InChI is InChI=1S/C16H11N3O4S/c1-2-12-18-19-16(24-12)17-14(21)11-7-9-13(20)8-5-3-4-6-10(8)22-15(9)23-11/h3-7H,2H2,1H3,(H,17,19,21). The van der Waals surface area contributed by atoms with E-state index in [4.69, 9.17) is 8.83 Å². The summed E-state index contributed by atoms with van der Waals surface area (Å²) in [6.07, 6.45) is 0.739. The van der Waals surface area contributed by atoms with Crippen molar-refractivity contribution in [3.05, 3.63) is 51.3 Å². The second kappa shape index (κ2) is 5.57. The molecule has 0 saturated carbocycles. The Labute approximate surface area is 138 Å². The number of hydrogen-bond acceptors (Lipinski definition) is 7. The molecule has 4 rings (SSSR count). The molecule has 8 heteroatoms. The van der Waals surface area contributed by atoms with Crippen LogP contribution in [0, 0.1) is 0 Å². The van der Waals surface area contributed by atoms with E-state index in [1.807, 2.05) is 6.92 Å². The lowest BCUT2D eigenvalue weighted by Gasteiger charge is -1.96. The van der Waals surface area contributed by atoms with E-state index in [9.17, 15) is 9.59 Å². The number of nitrogens with one attached hydrogen (secondary N) is 1. The summed E-state index contributed by atoms with van der Waals surface area (Å²) < 4.78 is 11.0. The van der Waals surface area contributed by atoms with Crippen molar-refractivity contribution in [3.63, 3.8) is 0 Å². The Kier molecular flexibility index (Phi) is 3.39. The Morgan fingerprint density at radius 3 is 2.83 bits per heavy atom. The first kappa shape index (κ1) is 14.6. The second-order valence-corrected chi connectivity index (χ2v) is 6.11. The molecule has 3 heterocycles. The number of fused-ring (bicyclic) bond motifs is 2. The van der Waals surface area contributed by atoms with E-state index in [0.717, 1.165) is 11.4 Å². The average Bonchev–Trinajstić information content (AvgIpc) is 3.22. The van der Waals surface area contributed by atoms with Crippen LogP contribution < -0.4 is 10.7 Å². The SMILES string of the molecule is CCc1nnc(NC(=O)c2cc3c(=O)c4ccccc4oc3o2)s1. The van der Waals surface area contributed by atoms with Crippen LogP contribution in [0.2, 0.25) is 0 Å². The maximum atomic E-state index is 12.5. The summed E-state index contributed by atoms with van der Waals surface area (Å²) in [6, 6.07) is 8.23. The quantitative estimate of drug-likeness (QED) is 0.614. The summed E-state index contributed by atoms with van der Waals surface area (Å²) >= 11 is 1.29. The van der Waals surface area contributed by atoms with E-state index >= 15 is 0 Å². The Balaban J connectivity index is 1.74. The number of hydrogen-bond donors (Lipinski definition) is 1. The highest BCUT2D eigenvalue weighted by Gasteiger charge is 2.18. The minimum absolute atomic E-state index is 0.0191. The Bertz CT molecular complexity index is 1130. The molecule has 1 N–H and O–H groups in total. The lowest BCUT2D eigenvalue weighted by molar-refractivity contribution is 0.0997. The van der Waals surface area contributed by atoms with E-state index in [1.165, 1.54) is 17.4 Å². The zero-order chi connectivity index (χ0) is 16.7. The van der Waals surface area contributed by atoms with E-state index < -0.39 is 5.91 Å². The van der Waals surface area contributed by atoms with Gasteiger partial charge in [-0.1, -0.05) is 30.4 Å². The van der Waals surface area contributed by atoms with Gasteiger partial charge in [-0.25, -0.2) is 0 Å². The van der Waals surface area contributed by atoms with E-state index in [0.29, 0.717) is 16.1 Å². The maximum Gasteiger partial charge on any atom is 0.302 e. The number of nitrogens with zero attached hydrogens (tertiary/aromatic N) is 2. The second-order valence-electron chi connectivity index (χ2n) is 5.05. The fraction of sp³-hybridized carbons (Fsp3) is 0.125. The van der Waals surface area contributed by atoms with Crippen molar-refractivity contribution in [2.75, 3.05) is 5.32 Å². The van der Waals surface area contributed by atoms with Crippen molar-refractivity contribution in [1.82, 2.24) is 10.2 Å². The number of anilines is 1. The molecule has 1 aromatic carbocycles. The summed E-state index contributed by atoms with van der Waals surface area (Å²) in [6.45, 7) is 1.95. The molecule has 0 radical (unpaired) electrons. The number of carbonyl (C=O) groups excluding carboxylic acids is 1. The molecule has 0 fully saturated rings. The van der Waals surface area contributed by atoms with Gasteiger partial charge in [0.2, 0.25) is 10.6 Å². The molecule has 0 unspecified atom stereocenters. The van der Waals surface area contributed by atoms with Gasteiger partial charge < -0.3 is 8.83 Å². The van der Waals surface area contributed by atoms with Gasteiger partial charge >= 0.3 is 5.78 Å². The largest absolute Gasteiger partial charge is 0.425 e. The number of para-hydroxylation sites is 1. The molecule has 4 aromatic rings. The van der Waals surface area contributed by atoms with Crippen molar-refractivity contribution in [2.24, 2.45) is 0 Å². The third-order valence-electron chi connectivity index (χ3n) is 3.49. The Morgan fingerprint density at radius 1 is 1.21 bits per heavy atom. The molecule has 1 amide bonds. The smallest absolute Gasteiger partial charge is 0.302 e. The molecule has 0 aliphatic heterocycles. The number of furan rings is 1. The van der Waals surface area contributed by atoms with Crippen LogP contribution in [0.25, 0.3) is 22.1 Å². The minimum atomic E-state index is -0.511.